The van der Waals surface area contributed by atoms with Crippen molar-refractivity contribution in [2.24, 2.45) is 11.8 Å². The summed E-state index contributed by atoms with van der Waals surface area (Å²) in [4.78, 5) is 25.2. The number of hydrogen-bond acceptors (Lipinski definition) is 6. The summed E-state index contributed by atoms with van der Waals surface area (Å²) in [5, 5.41) is 0. The van der Waals surface area contributed by atoms with Gasteiger partial charge in [0, 0.05) is 5.92 Å². The molecule has 40 heavy (non-hydrogen) atoms. The Kier molecular flexibility index (Phi) is 9.11. The molecule has 0 bridgehead atoms. The largest absolute Gasteiger partial charge is 0.497 e. The highest BCUT2D eigenvalue weighted by molar-refractivity contribution is 5.92. The second kappa shape index (κ2) is 12.2. The Balaban J connectivity index is 1.39. The molecular weight excluding hydrogens is 511 g/mol. The van der Waals surface area contributed by atoms with Crippen molar-refractivity contribution in [1.29, 1.82) is 0 Å². The van der Waals surface area contributed by atoms with E-state index in [2.05, 4.69) is 0 Å². The quantitative estimate of drug-likeness (QED) is 0.285. The summed E-state index contributed by atoms with van der Waals surface area (Å²) in [6, 6.07) is 13.1. The maximum Gasteiger partial charge on any atom is 0.343 e. The summed E-state index contributed by atoms with van der Waals surface area (Å²) in [6.45, 7) is 7.50. The Morgan fingerprint density at radius 3 is 2.23 bits per heavy atom. The third-order valence-electron chi connectivity index (χ3n) is 8.13. The molecule has 2 aliphatic rings. The Bertz CT molecular complexity index is 1190. The molecule has 2 fully saturated rings. The van der Waals surface area contributed by atoms with Crippen LogP contribution in [0, 0.1) is 11.8 Å². The molecule has 0 saturated heterocycles. The highest BCUT2D eigenvalue weighted by Gasteiger charge is 2.50. The predicted octanol–water partition coefficient (Wildman–Crippen LogP) is 7.40. The van der Waals surface area contributed by atoms with Gasteiger partial charge in [-0.25, -0.2) is 14.0 Å². The molecule has 2 atom stereocenters. The van der Waals surface area contributed by atoms with Crippen molar-refractivity contribution >= 4 is 11.9 Å². The molecule has 7 heteroatoms. The lowest BCUT2D eigenvalue weighted by molar-refractivity contribution is -0.155. The van der Waals surface area contributed by atoms with Crippen molar-refractivity contribution in [2.45, 2.75) is 89.3 Å². The van der Waals surface area contributed by atoms with Gasteiger partial charge in [0.2, 0.25) is 5.67 Å². The minimum Gasteiger partial charge on any atom is -0.497 e. The molecule has 0 N–H and O–H groups in total. The van der Waals surface area contributed by atoms with Crippen LogP contribution in [-0.2, 0) is 14.3 Å². The van der Waals surface area contributed by atoms with Crippen LogP contribution < -0.4 is 9.47 Å². The van der Waals surface area contributed by atoms with Crippen molar-refractivity contribution in [2.75, 3.05) is 20.8 Å². The first-order valence-electron chi connectivity index (χ1n) is 14.3. The number of esters is 2. The Hall–Kier alpha value is -3.09. The van der Waals surface area contributed by atoms with Gasteiger partial charge in [0.05, 0.1) is 26.4 Å². The lowest BCUT2D eigenvalue weighted by Crippen LogP contribution is -2.39. The summed E-state index contributed by atoms with van der Waals surface area (Å²) in [6.07, 6.45) is 5.59. The normalized spacial score (nSPS) is 21.6. The highest BCUT2D eigenvalue weighted by Crippen LogP contribution is 2.50. The standard InChI is InChI=1S/C33H43FO6/c1-32(2,3)40-30(35)27-17-16-25(37-5)19-28(27)22-12-10-21(11-13-22)20-39-26-9-7-8-24(18-26)29(23-14-15-23)33(4,34)31(36)38-6/h7-9,16-19,21-23,29H,10-15,20H2,1-6H3/t21?,22?,29-,33?/m0/s1. The fourth-order valence-corrected chi connectivity index (χ4v) is 5.96. The maximum absolute atomic E-state index is 15.6. The third-order valence-corrected chi connectivity index (χ3v) is 8.13. The number of alkyl halides is 1. The van der Waals surface area contributed by atoms with Crippen molar-refractivity contribution in [1.82, 2.24) is 0 Å². The van der Waals surface area contributed by atoms with E-state index in [9.17, 15) is 9.59 Å². The van der Waals surface area contributed by atoms with Crippen LogP contribution in [0.15, 0.2) is 42.5 Å². The fourth-order valence-electron chi connectivity index (χ4n) is 5.96. The zero-order chi connectivity index (χ0) is 29.1. The second-order valence-corrected chi connectivity index (χ2v) is 12.4. The van der Waals surface area contributed by atoms with E-state index in [0.29, 0.717) is 23.8 Å². The molecule has 0 aliphatic heterocycles. The van der Waals surface area contributed by atoms with Crippen LogP contribution in [0.2, 0.25) is 0 Å². The molecule has 218 valence electrons. The first kappa shape index (κ1) is 29.9. The van der Waals surface area contributed by atoms with E-state index in [0.717, 1.165) is 55.4 Å². The van der Waals surface area contributed by atoms with Crippen molar-refractivity contribution in [3.8, 4) is 11.5 Å². The van der Waals surface area contributed by atoms with Gasteiger partial charge in [-0.15, -0.1) is 0 Å². The molecule has 2 saturated carbocycles. The molecule has 0 aromatic heterocycles. The van der Waals surface area contributed by atoms with Gasteiger partial charge in [-0.1, -0.05) is 12.1 Å². The molecule has 0 radical (unpaired) electrons. The van der Waals surface area contributed by atoms with Gasteiger partial charge in [0.25, 0.3) is 0 Å². The van der Waals surface area contributed by atoms with E-state index in [1.165, 1.54) is 14.0 Å². The number of methoxy groups -OCH3 is 2. The van der Waals surface area contributed by atoms with Crippen molar-refractivity contribution < 1.29 is 32.9 Å². The van der Waals surface area contributed by atoms with Crippen LogP contribution in [0.5, 0.6) is 11.5 Å². The number of carbonyl (C=O) groups excluding carboxylic acids is 2. The first-order valence-corrected chi connectivity index (χ1v) is 14.3. The SMILES string of the molecule is COC(=O)C(C)(F)[C@H](c1cccc(OCC2CCC(c3cc(OC)ccc3C(=O)OC(C)(C)C)CC2)c1)C1CC1. The fraction of sp³-hybridized carbons (Fsp3) is 0.576. The summed E-state index contributed by atoms with van der Waals surface area (Å²) in [5.41, 5.74) is -0.310. The average Bonchev–Trinajstić information content (AvgIpc) is 3.75. The minimum atomic E-state index is -2.09. The van der Waals surface area contributed by atoms with Crippen LogP contribution in [0.4, 0.5) is 4.39 Å². The Morgan fingerprint density at radius 2 is 1.62 bits per heavy atom. The summed E-state index contributed by atoms with van der Waals surface area (Å²) >= 11 is 0. The molecule has 0 heterocycles. The highest BCUT2D eigenvalue weighted by atomic mass is 19.1. The lowest BCUT2D eigenvalue weighted by Gasteiger charge is -2.31. The smallest absolute Gasteiger partial charge is 0.343 e. The molecule has 0 amide bonds. The number of rotatable bonds is 10. The molecule has 0 spiro atoms. The summed E-state index contributed by atoms with van der Waals surface area (Å²) in [5.74, 6) is 0.450. The van der Waals surface area contributed by atoms with Gasteiger partial charge < -0.3 is 18.9 Å². The van der Waals surface area contributed by atoms with E-state index in [1.807, 2.05) is 57.2 Å². The number of carbonyl (C=O) groups is 2. The molecule has 1 unspecified atom stereocenters. The third kappa shape index (κ3) is 7.15. The molecular formula is C33H43FO6. The Labute approximate surface area is 237 Å². The Morgan fingerprint density at radius 1 is 0.925 bits per heavy atom. The van der Waals surface area contributed by atoms with E-state index in [4.69, 9.17) is 18.9 Å². The van der Waals surface area contributed by atoms with Crippen LogP contribution in [0.3, 0.4) is 0 Å². The number of halogens is 1. The topological polar surface area (TPSA) is 71.1 Å². The van der Waals surface area contributed by atoms with E-state index < -0.39 is 23.2 Å². The van der Waals surface area contributed by atoms with Gasteiger partial charge in [-0.2, -0.15) is 0 Å². The molecule has 6 nitrogen and oxygen atoms in total. The summed E-state index contributed by atoms with van der Waals surface area (Å²) in [7, 11) is 2.86. The molecule has 2 aliphatic carbocycles. The zero-order valence-electron chi connectivity index (χ0n) is 24.6. The summed E-state index contributed by atoms with van der Waals surface area (Å²) < 4.78 is 37.7. The van der Waals surface area contributed by atoms with Crippen molar-refractivity contribution in [3.63, 3.8) is 0 Å². The monoisotopic (exact) mass is 554 g/mol. The van der Waals surface area contributed by atoms with Gasteiger partial charge in [-0.3, -0.25) is 0 Å². The van der Waals surface area contributed by atoms with Crippen molar-refractivity contribution in [3.05, 3.63) is 59.2 Å². The minimum absolute atomic E-state index is 0.127. The molecule has 2 aromatic carbocycles. The predicted molar refractivity (Wildman–Crippen MR) is 152 cm³/mol. The first-order chi connectivity index (χ1) is 18.9. The van der Waals surface area contributed by atoms with E-state index in [-0.39, 0.29) is 17.8 Å². The van der Waals surface area contributed by atoms with Gasteiger partial charge in [-0.05, 0) is 125 Å². The van der Waals surface area contributed by atoms with Crippen LogP contribution in [0.1, 0.15) is 99.5 Å². The van der Waals surface area contributed by atoms with Gasteiger partial charge in [0.1, 0.15) is 17.1 Å². The molecule has 2 aromatic rings. The number of hydrogen-bond donors (Lipinski definition) is 0. The number of ether oxygens (including phenoxy) is 4. The van der Waals surface area contributed by atoms with Gasteiger partial charge >= 0.3 is 11.9 Å². The van der Waals surface area contributed by atoms with Crippen LogP contribution >= 0.6 is 0 Å². The number of benzene rings is 2. The average molecular weight is 555 g/mol. The lowest BCUT2D eigenvalue weighted by atomic mass is 9.77. The van der Waals surface area contributed by atoms with Crippen LogP contribution in [0.25, 0.3) is 0 Å². The molecule has 4 rings (SSSR count). The van der Waals surface area contributed by atoms with E-state index in [1.54, 1.807) is 13.2 Å². The zero-order valence-corrected chi connectivity index (χ0v) is 24.6. The van der Waals surface area contributed by atoms with E-state index >= 15 is 4.39 Å². The van der Waals surface area contributed by atoms with Crippen LogP contribution in [-0.4, -0.2) is 44.0 Å². The van der Waals surface area contributed by atoms with Gasteiger partial charge in [0.15, 0.2) is 0 Å². The maximum atomic E-state index is 15.6. The second-order valence-electron chi connectivity index (χ2n) is 12.4.